The van der Waals surface area contributed by atoms with Crippen molar-refractivity contribution in [1.82, 2.24) is 20.1 Å². The normalized spacial score (nSPS) is 17.8. The van der Waals surface area contributed by atoms with E-state index in [2.05, 4.69) is 20.1 Å². The maximum atomic E-state index is 5.07. The summed E-state index contributed by atoms with van der Waals surface area (Å²) in [5.74, 6) is 1.86. The van der Waals surface area contributed by atoms with Gasteiger partial charge in [0, 0.05) is 20.1 Å². The van der Waals surface area contributed by atoms with Crippen LogP contribution in [0.2, 0.25) is 0 Å². The molecular formula is C11H20N4O. The average Bonchev–Trinajstić information content (AvgIpc) is 2.75. The first-order chi connectivity index (χ1) is 7.90. The van der Waals surface area contributed by atoms with Crippen molar-refractivity contribution in [2.24, 2.45) is 5.92 Å². The van der Waals surface area contributed by atoms with Gasteiger partial charge in [0.15, 0.2) is 0 Å². The Bertz CT molecular complexity index is 307. The molecule has 1 aromatic heterocycles. The molecule has 1 aliphatic heterocycles. The molecule has 0 saturated carbocycles. The van der Waals surface area contributed by atoms with Gasteiger partial charge in [0.25, 0.3) is 0 Å². The lowest BCUT2D eigenvalue weighted by molar-refractivity contribution is 0.185. The maximum absolute atomic E-state index is 5.07. The Morgan fingerprint density at radius 1 is 1.50 bits per heavy atom. The van der Waals surface area contributed by atoms with Gasteiger partial charge in [-0.1, -0.05) is 0 Å². The van der Waals surface area contributed by atoms with Gasteiger partial charge in [-0.25, -0.2) is 0 Å². The highest BCUT2D eigenvalue weighted by Crippen LogP contribution is 2.16. The lowest BCUT2D eigenvalue weighted by atomic mass is 9.94. The molecule has 0 radical (unpaired) electrons. The van der Waals surface area contributed by atoms with Gasteiger partial charge in [0.1, 0.15) is 12.2 Å². The number of hydrogen-bond acceptors (Lipinski definition) is 4. The minimum absolute atomic E-state index is 0.720. The predicted molar refractivity (Wildman–Crippen MR) is 61.2 cm³/mol. The van der Waals surface area contributed by atoms with Crippen LogP contribution >= 0.6 is 0 Å². The summed E-state index contributed by atoms with van der Waals surface area (Å²) in [5, 5.41) is 11.6. The molecule has 0 amide bonds. The third-order valence-electron chi connectivity index (χ3n) is 3.16. The zero-order valence-corrected chi connectivity index (χ0v) is 9.85. The zero-order valence-electron chi connectivity index (χ0n) is 9.85. The van der Waals surface area contributed by atoms with Gasteiger partial charge in [0.05, 0.1) is 6.61 Å². The zero-order chi connectivity index (χ0) is 11.2. The molecule has 1 aromatic rings. The largest absolute Gasteiger partial charge is 0.383 e. The SMILES string of the molecule is COCCn1cnnc1CC1CCNCC1. The van der Waals surface area contributed by atoms with Gasteiger partial charge in [-0.05, 0) is 31.8 Å². The first kappa shape index (κ1) is 11.5. The minimum atomic E-state index is 0.720. The number of ether oxygens (including phenoxy) is 1. The molecule has 0 unspecified atom stereocenters. The van der Waals surface area contributed by atoms with E-state index < -0.39 is 0 Å². The second-order valence-electron chi connectivity index (χ2n) is 4.33. The number of methoxy groups -OCH3 is 1. The van der Waals surface area contributed by atoms with E-state index in [-0.39, 0.29) is 0 Å². The number of piperidine rings is 1. The van der Waals surface area contributed by atoms with Crippen molar-refractivity contribution in [3.8, 4) is 0 Å². The fourth-order valence-corrected chi connectivity index (χ4v) is 2.16. The van der Waals surface area contributed by atoms with Crippen LogP contribution in [0.15, 0.2) is 6.33 Å². The van der Waals surface area contributed by atoms with Crippen molar-refractivity contribution in [2.75, 3.05) is 26.8 Å². The van der Waals surface area contributed by atoms with Crippen molar-refractivity contribution in [2.45, 2.75) is 25.8 Å². The molecule has 1 saturated heterocycles. The Labute approximate surface area is 96.2 Å². The molecule has 0 atom stereocenters. The summed E-state index contributed by atoms with van der Waals surface area (Å²) in [4.78, 5) is 0. The van der Waals surface area contributed by atoms with E-state index in [9.17, 15) is 0 Å². The highest BCUT2D eigenvalue weighted by atomic mass is 16.5. The number of nitrogens with zero attached hydrogens (tertiary/aromatic N) is 3. The first-order valence-electron chi connectivity index (χ1n) is 5.96. The Morgan fingerprint density at radius 2 is 2.31 bits per heavy atom. The van der Waals surface area contributed by atoms with Crippen LogP contribution in [0.5, 0.6) is 0 Å². The smallest absolute Gasteiger partial charge is 0.133 e. The Kier molecular flexibility index (Phi) is 4.30. The van der Waals surface area contributed by atoms with Crippen molar-refractivity contribution in [3.63, 3.8) is 0 Å². The summed E-state index contributed by atoms with van der Waals surface area (Å²) in [6.07, 6.45) is 5.34. The van der Waals surface area contributed by atoms with Crippen LogP contribution in [0, 0.1) is 5.92 Å². The van der Waals surface area contributed by atoms with Gasteiger partial charge in [-0.3, -0.25) is 0 Å². The standard InChI is InChI=1S/C11H20N4O/c1-16-7-6-15-9-13-14-11(15)8-10-2-4-12-5-3-10/h9-10,12H,2-8H2,1H3. The fraction of sp³-hybridized carbons (Fsp3) is 0.818. The van der Waals surface area contributed by atoms with Crippen molar-refractivity contribution >= 4 is 0 Å². The summed E-state index contributed by atoms with van der Waals surface area (Å²) in [6, 6.07) is 0. The summed E-state index contributed by atoms with van der Waals surface area (Å²) >= 11 is 0. The van der Waals surface area contributed by atoms with E-state index in [1.165, 1.54) is 12.8 Å². The van der Waals surface area contributed by atoms with Crippen LogP contribution < -0.4 is 5.32 Å². The lowest BCUT2D eigenvalue weighted by Gasteiger charge is -2.22. The number of aromatic nitrogens is 3. The number of hydrogen-bond donors (Lipinski definition) is 1. The quantitative estimate of drug-likeness (QED) is 0.790. The van der Waals surface area contributed by atoms with Gasteiger partial charge in [-0.15, -0.1) is 10.2 Å². The van der Waals surface area contributed by atoms with E-state index in [1.807, 2.05) is 0 Å². The van der Waals surface area contributed by atoms with Gasteiger partial charge in [0.2, 0.25) is 0 Å². The Morgan fingerprint density at radius 3 is 3.06 bits per heavy atom. The molecule has 0 bridgehead atoms. The molecule has 2 heterocycles. The topological polar surface area (TPSA) is 52.0 Å². The third-order valence-corrected chi connectivity index (χ3v) is 3.16. The summed E-state index contributed by atoms with van der Waals surface area (Å²) < 4.78 is 7.18. The van der Waals surface area contributed by atoms with Gasteiger partial charge >= 0.3 is 0 Å². The lowest BCUT2D eigenvalue weighted by Crippen LogP contribution is -2.29. The van der Waals surface area contributed by atoms with Crippen molar-refractivity contribution < 1.29 is 4.74 Å². The molecule has 2 rings (SSSR count). The van der Waals surface area contributed by atoms with Crippen LogP contribution in [-0.4, -0.2) is 41.6 Å². The van der Waals surface area contributed by atoms with E-state index >= 15 is 0 Å². The minimum Gasteiger partial charge on any atom is -0.383 e. The summed E-state index contributed by atoms with van der Waals surface area (Å²) in [5.41, 5.74) is 0. The molecule has 5 heteroatoms. The van der Waals surface area contributed by atoms with Crippen LogP contribution in [0.25, 0.3) is 0 Å². The van der Waals surface area contributed by atoms with E-state index in [4.69, 9.17) is 4.74 Å². The van der Waals surface area contributed by atoms with Crippen LogP contribution in [-0.2, 0) is 17.7 Å². The number of nitrogens with one attached hydrogen (secondary N) is 1. The van der Waals surface area contributed by atoms with Crippen LogP contribution in [0.1, 0.15) is 18.7 Å². The van der Waals surface area contributed by atoms with Crippen LogP contribution in [0.3, 0.4) is 0 Å². The van der Waals surface area contributed by atoms with Gasteiger partial charge < -0.3 is 14.6 Å². The molecule has 1 fully saturated rings. The molecule has 1 aliphatic rings. The molecule has 0 aromatic carbocycles. The molecule has 0 aliphatic carbocycles. The molecule has 5 nitrogen and oxygen atoms in total. The molecule has 16 heavy (non-hydrogen) atoms. The third kappa shape index (κ3) is 3.02. The second-order valence-corrected chi connectivity index (χ2v) is 4.33. The monoisotopic (exact) mass is 224 g/mol. The maximum Gasteiger partial charge on any atom is 0.133 e. The first-order valence-corrected chi connectivity index (χ1v) is 5.96. The van der Waals surface area contributed by atoms with E-state index in [0.29, 0.717) is 0 Å². The molecular weight excluding hydrogens is 204 g/mol. The van der Waals surface area contributed by atoms with E-state index in [0.717, 1.165) is 44.4 Å². The highest BCUT2D eigenvalue weighted by Gasteiger charge is 2.16. The molecule has 90 valence electrons. The highest BCUT2D eigenvalue weighted by molar-refractivity contribution is 4.89. The average molecular weight is 224 g/mol. The van der Waals surface area contributed by atoms with Gasteiger partial charge in [-0.2, -0.15) is 0 Å². The van der Waals surface area contributed by atoms with E-state index in [1.54, 1.807) is 13.4 Å². The molecule has 0 spiro atoms. The second kappa shape index (κ2) is 5.96. The predicted octanol–water partition coefficient (Wildman–Crippen LogP) is 0.467. The van der Waals surface area contributed by atoms with Crippen LogP contribution in [0.4, 0.5) is 0 Å². The fourth-order valence-electron chi connectivity index (χ4n) is 2.16. The van der Waals surface area contributed by atoms with Crippen molar-refractivity contribution in [1.29, 1.82) is 0 Å². The summed E-state index contributed by atoms with van der Waals surface area (Å²) in [7, 11) is 1.72. The Hall–Kier alpha value is -0.940. The van der Waals surface area contributed by atoms with Crippen molar-refractivity contribution in [3.05, 3.63) is 12.2 Å². The molecule has 1 N–H and O–H groups in total. The number of rotatable bonds is 5. The summed E-state index contributed by atoms with van der Waals surface area (Å²) in [6.45, 7) is 3.84. The Balaban J connectivity index is 1.89.